The summed E-state index contributed by atoms with van der Waals surface area (Å²) in [6.45, 7) is 1.90. The zero-order valence-corrected chi connectivity index (χ0v) is 18.1. The summed E-state index contributed by atoms with van der Waals surface area (Å²) in [6, 6.07) is 13.4. The number of amides is 1. The fourth-order valence-electron chi connectivity index (χ4n) is 4.02. The van der Waals surface area contributed by atoms with Gasteiger partial charge >= 0.3 is 5.97 Å². The number of aliphatic imine (C=N–C) groups is 1. The quantitative estimate of drug-likeness (QED) is 0.625. The highest BCUT2D eigenvalue weighted by atomic mass is 32.2. The van der Waals surface area contributed by atoms with Gasteiger partial charge in [-0.25, -0.2) is 9.79 Å². The first-order chi connectivity index (χ1) is 14.9. The van der Waals surface area contributed by atoms with Gasteiger partial charge in [-0.2, -0.15) is 0 Å². The average Bonchev–Trinajstić information content (AvgIpc) is 3.10. The minimum atomic E-state index is -1.01. The van der Waals surface area contributed by atoms with Crippen LogP contribution in [0.2, 0.25) is 0 Å². The van der Waals surface area contributed by atoms with Crippen molar-refractivity contribution in [1.82, 2.24) is 4.90 Å². The zero-order valence-electron chi connectivity index (χ0n) is 17.2. The minimum Gasteiger partial charge on any atom is -0.508 e. The maximum atomic E-state index is 13.5. The maximum Gasteiger partial charge on any atom is 0.335 e. The molecule has 0 unspecified atom stereocenters. The van der Waals surface area contributed by atoms with Crippen LogP contribution in [0.4, 0.5) is 5.69 Å². The van der Waals surface area contributed by atoms with Gasteiger partial charge in [0.05, 0.1) is 16.2 Å². The molecule has 7 heteroatoms. The molecule has 1 saturated carbocycles. The molecular formula is C24H24N2O4S. The average molecular weight is 437 g/mol. The summed E-state index contributed by atoms with van der Waals surface area (Å²) in [4.78, 5) is 31.9. The number of aromatic carboxylic acids is 1. The van der Waals surface area contributed by atoms with E-state index in [0.717, 1.165) is 36.8 Å². The lowest BCUT2D eigenvalue weighted by Crippen LogP contribution is -2.40. The molecule has 6 nitrogen and oxygen atoms in total. The number of carboxylic acids is 1. The van der Waals surface area contributed by atoms with E-state index in [1.165, 1.54) is 30.3 Å². The first-order valence-corrected chi connectivity index (χ1v) is 11.2. The predicted octanol–water partition coefficient (Wildman–Crippen LogP) is 5.42. The Balaban J connectivity index is 1.75. The van der Waals surface area contributed by atoms with E-state index in [1.54, 1.807) is 41.3 Å². The van der Waals surface area contributed by atoms with Crippen molar-refractivity contribution in [1.29, 1.82) is 0 Å². The number of hydrogen-bond acceptors (Lipinski definition) is 5. The number of rotatable bonds is 4. The molecule has 2 aromatic carbocycles. The van der Waals surface area contributed by atoms with Gasteiger partial charge < -0.3 is 10.2 Å². The van der Waals surface area contributed by atoms with E-state index < -0.39 is 5.97 Å². The summed E-state index contributed by atoms with van der Waals surface area (Å²) in [6.07, 6.45) is 5.21. The Morgan fingerprint density at radius 1 is 1.06 bits per heavy atom. The van der Waals surface area contributed by atoms with Gasteiger partial charge in [0.25, 0.3) is 5.91 Å². The van der Waals surface area contributed by atoms with Crippen LogP contribution < -0.4 is 0 Å². The first kappa shape index (κ1) is 21.2. The Bertz CT molecular complexity index is 1070. The van der Waals surface area contributed by atoms with Crippen LogP contribution >= 0.6 is 11.8 Å². The highest BCUT2D eigenvalue weighted by Gasteiger charge is 2.39. The van der Waals surface area contributed by atoms with Crippen molar-refractivity contribution in [3.8, 4) is 5.75 Å². The fourth-order valence-corrected chi connectivity index (χ4v) is 5.14. The van der Waals surface area contributed by atoms with Crippen molar-refractivity contribution in [2.45, 2.75) is 45.1 Å². The Kier molecular flexibility index (Phi) is 6.13. The van der Waals surface area contributed by atoms with Crippen molar-refractivity contribution in [2.24, 2.45) is 4.99 Å². The van der Waals surface area contributed by atoms with Gasteiger partial charge in [-0.05, 0) is 73.0 Å². The van der Waals surface area contributed by atoms with Crippen molar-refractivity contribution in [3.63, 3.8) is 0 Å². The van der Waals surface area contributed by atoms with Crippen molar-refractivity contribution in [2.75, 3.05) is 0 Å². The maximum absolute atomic E-state index is 13.5. The molecule has 0 radical (unpaired) electrons. The fraction of sp³-hybridized carbons (Fsp3) is 0.292. The monoisotopic (exact) mass is 436 g/mol. The highest BCUT2D eigenvalue weighted by Crippen LogP contribution is 2.41. The van der Waals surface area contributed by atoms with E-state index in [-0.39, 0.29) is 23.3 Å². The summed E-state index contributed by atoms with van der Waals surface area (Å²) in [7, 11) is 0. The van der Waals surface area contributed by atoms with E-state index in [2.05, 4.69) is 0 Å². The number of benzene rings is 2. The number of amidine groups is 1. The summed E-state index contributed by atoms with van der Waals surface area (Å²) in [5.41, 5.74) is 2.38. The van der Waals surface area contributed by atoms with Crippen molar-refractivity contribution in [3.05, 3.63) is 64.6 Å². The van der Waals surface area contributed by atoms with E-state index in [0.29, 0.717) is 15.8 Å². The van der Waals surface area contributed by atoms with Crippen LogP contribution in [0.5, 0.6) is 5.75 Å². The summed E-state index contributed by atoms with van der Waals surface area (Å²) >= 11 is 1.33. The van der Waals surface area contributed by atoms with Crippen LogP contribution in [-0.2, 0) is 4.79 Å². The molecule has 0 bridgehead atoms. The SMILES string of the molecule is C/C(=C1/SC(=Nc2cccc(C(=O)O)c2)N(C2CCCCC2)C1=O)c1ccc(O)cc1. The van der Waals surface area contributed by atoms with Gasteiger partial charge in [0, 0.05) is 6.04 Å². The standard InChI is InChI=1S/C24H24N2O4S/c1-15(16-10-12-20(27)13-11-16)21-22(28)26(19-8-3-2-4-9-19)24(31-21)25-18-7-5-6-17(14-18)23(29)30/h5-7,10-14,19,27H,2-4,8-9H2,1H3,(H,29,30)/b21-15-,25-24?. The van der Waals surface area contributed by atoms with Crippen LogP contribution in [-0.4, -0.2) is 38.2 Å². The second kappa shape index (κ2) is 8.98. The molecule has 1 aliphatic heterocycles. The molecule has 1 heterocycles. The van der Waals surface area contributed by atoms with E-state index in [1.807, 2.05) is 6.92 Å². The Hall–Kier alpha value is -3.06. The molecule has 4 rings (SSSR count). The lowest BCUT2D eigenvalue weighted by atomic mass is 9.94. The van der Waals surface area contributed by atoms with Crippen LogP contribution in [0.3, 0.4) is 0 Å². The molecule has 0 aromatic heterocycles. The van der Waals surface area contributed by atoms with Crippen LogP contribution in [0, 0.1) is 0 Å². The third kappa shape index (κ3) is 4.51. The number of thioether (sulfide) groups is 1. The number of carboxylic acid groups (broad SMARTS) is 1. The minimum absolute atomic E-state index is 0.0596. The largest absolute Gasteiger partial charge is 0.508 e. The van der Waals surface area contributed by atoms with Gasteiger partial charge in [0.1, 0.15) is 5.75 Å². The third-order valence-electron chi connectivity index (χ3n) is 5.71. The molecule has 2 fully saturated rings. The first-order valence-electron chi connectivity index (χ1n) is 10.4. The van der Waals surface area contributed by atoms with Gasteiger partial charge in [-0.3, -0.25) is 9.69 Å². The van der Waals surface area contributed by atoms with Crippen molar-refractivity contribution >= 4 is 40.1 Å². The number of phenols is 1. The topological polar surface area (TPSA) is 90.2 Å². The van der Waals surface area contributed by atoms with Gasteiger partial charge in [0.15, 0.2) is 5.17 Å². The Morgan fingerprint density at radius 2 is 1.77 bits per heavy atom. The number of carbonyl (C=O) groups excluding carboxylic acids is 1. The van der Waals surface area contributed by atoms with E-state index >= 15 is 0 Å². The number of aromatic hydroxyl groups is 1. The molecule has 0 spiro atoms. The zero-order chi connectivity index (χ0) is 22.0. The molecular weight excluding hydrogens is 412 g/mol. The Morgan fingerprint density at radius 3 is 2.45 bits per heavy atom. The van der Waals surface area contributed by atoms with Crippen LogP contribution in [0.15, 0.2) is 58.4 Å². The third-order valence-corrected chi connectivity index (χ3v) is 6.87. The molecule has 2 aromatic rings. The Labute approximate surface area is 185 Å². The number of allylic oxidation sites excluding steroid dienone is 1. The smallest absolute Gasteiger partial charge is 0.335 e. The lowest BCUT2D eigenvalue weighted by Gasteiger charge is -2.30. The molecule has 1 aliphatic carbocycles. The van der Waals surface area contributed by atoms with Crippen LogP contribution in [0.25, 0.3) is 5.57 Å². The number of nitrogens with zero attached hydrogens (tertiary/aromatic N) is 2. The second-order valence-electron chi connectivity index (χ2n) is 7.82. The van der Waals surface area contributed by atoms with E-state index in [9.17, 15) is 19.8 Å². The number of carbonyl (C=O) groups is 2. The van der Waals surface area contributed by atoms with Gasteiger partial charge in [-0.1, -0.05) is 37.5 Å². The molecule has 2 aliphatic rings. The summed E-state index contributed by atoms with van der Waals surface area (Å²) in [5, 5.41) is 19.5. The van der Waals surface area contributed by atoms with Gasteiger partial charge in [0.2, 0.25) is 0 Å². The molecule has 2 N–H and O–H groups in total. The predicted molar refractivity (Wildman–Crippen MR) is 123 cm³/mol. The second-order valence-corrected chi connectivity index (χ2v) is 8.80. The normalized spacial score (nSPS) is 20.4. The molecule has 1 saturated heterocycles. The summed E-state index contributed by atoms with van der Waals surface area (Å²) in [5.74, 6) is -0.892. The summed E-state index contributed by atoms with van der Waals surface area (Å²) < 4.78 is 0. The highest BCUT2D eigenvalue weighted by molar-refractivity contribution is 8.18. The molecule has 0 atom stereocenters. The van der Waals surface area contributed by atoms with Crippen molar-refractivity contribution < 1.29 is 19.8 Å². The number of phenolic OH excluding ortho intramolecular Hbond substituents is 1. The van der Waals surface area contributed by atoms with Gasteiger partial charge in [-0.15, -0.1) is 0 Å². The lowest BCUT2D eigenvalue weighted by molar-refractivity contribution is -0.124. The molecule has 31 heavy (non-hydrogen) atoms. The number of hydrogen-bond donors (Lipinski definition) is 2. The van der Waals surface area contributed by atoms with Crippen LogP contribution in [0.1, 0.15) is 54.9 Å². The van der Waals surface area contributed by atoms with E-state index in [4.69, 9.17) is 4.99 Å². The molecule has 160 valence electrons. The molecule has 1 amide bonds.